The molecule has 1 aromatic carbocycles. The average Bonchev–Trinajstić information content (AvgIpc) is 2.94. The molecule has 0 saturated carbocycles. The zero-order valence-electron chi connectivity index (χ0n) is 12.9. The number of thiophene rings is 1. The van der Waals surface area contributed by atoms with Crippen LogP contribution in [0.4, 0.5) is 4.39 Å². The van der Waals surface area contributed by atoms with Crippen LogP contribution >= 0.6 is 22.9 Å². The van der Waals surface area contributed by atoms with Crippen LogP contribution in [0.15, 0.2) is 36.5 Å². The second-order valence-electron chi connectivity index (χ2n) is 5.28. The van der Waals surface area contributed by atoms with E-state index in [0.29, 0.717) is 21.0 Å². The van der Waals surface area contributed by atoms with Gasteiger partial charge < -0.3 is 5.11 Å². The number of nitrogens with zero attached hydrogens (tertiary/aromatic N) is 2. The lowest BCUT2D eigenvalue weighted by molar-refractivity contribution is 0.0703. The molecule has 124 valence electrons. The van der Waals surface area contributed by atoms with Crippen LogP contribution in [0.3, 0.4) is 0 Å². The summed E-state index contributed by atoms with van der Waals surface area (Å²) in [5.41, 5.74) is 2.16. The Morgan fingerprint density at radius 3 is 2.72 bits per heavy atom. The molecule has 0 fully saturated rings. The normalized spacial score (nSPS) is 10.5. The number of aryl methyl sites for hydroxylation is 1. The van der Waals surface area contributed by atoms with E-state index in [1.807, 2.05) is 13.0 Å². The van der Waals surface area contributed by atoms with Gasteiger partial charge >= 0.3 is 5.97 Å². The van der Waals surface area contributed by atoms with E-state index in [9.17, 15) is 19.6 Å². The summed E-state index contributed by atoms with van der Waals surface area (Å²) in [4.78, 5) is 15.6. The van der Waals surface area contributed by atoms with Gasteiger partial charge in [0.15, 0.2) is 0 Å². The number of nitriles is 1. The molecule has 0 aliphatic rings. The number of aromatic carboxylic acids is 1. The summed E-state index contributed by atoms with van der Waals surface area (Å²) in [7, 11) is 0. The summed E-state index contributed by atoms with van der Waals surface area (Å²) in [6, 6.07) is 9.91. The Bertz CT molecular complexity index is 1040. The quantitative estimate of drug-likeness (QED) is 0.645. The fourth-order valence-electron chi connectivity index (χ4n) is 2.52. The Morgan fingerprint density at radius 2 is 2.12 bits per heavy atom. The van der Waals surface area contributed by atoms with Gasteiger partial charge in [0, 0.05) is 28.4 Å². The highest BCUT2D eigenvalue weighted by Gasteiger charge is 2.26. The van der Waals surface area contributed by atoms with Crippen LogP contribution in [0.25, 0.3) is 21.6 Å². The van der Waals surface area contributed by atoms with Gasteiger partial charge in [-0.05, 0) is 30.2 Å². The Hall–Kier alpha value is -2.75. The van der Waals surface area contributed by atoms with Crippen LogP contribution < -0.4 is 0 Å². The first-order chi connectivity index (χ1) is 11.9. The molecule has 7 heteroatoms. The van der Waals surface area contributed by atoms with E-state index < -0.39 is 11.9 Å². The highest BCUT2D eigenvalue weighted by molar-refractivity contribution is 7.18. The molecular weight excluding hydrogens is 363 g/mol. The third-order valence-electron chi connectivity index (χ3n) is 3.60. The zero-order chi connectivity index (χ0) is 18.1. The zero-order valence-corrected chi connectivity index (χ0v) is 14.5. The number of hydrogen-bond acceptors (Lipinski definition) is 4. The van der Waals surface area contributed by atoms with E-state index in [-0.39, 0.29) is 16.0 Å². The van der Waals surface area contributed by atoms with Crippen molar-refractivity contribution in [2.45, 2.75) is 6.92 Å². The third kappa shape index (κ3) is 3.12. The number of hydrogen-bond donors (Lipinski definition) is 1. The molecule has 0 aliphatic carbocycles. The maximum Gasteiger partial charge on any atom is 0.346 e. The molecule has 0 atom stereocenters. The second-order valence-corrected chi connectivity index (χ2v) is 6.71. The number of halogens is 2. The van der Waals surface area contributed by atoms with E-state index in [0.717, 1.165) is 16.9 Å². The molecule has 0 aliphatic heterocycles. The van der Waals surface area contributed by atoms with Crippen molar-refractivity contribution in [3.63, 3.8) is 0 Å². The fourth-order valence-corrected chi connectivity index (χ4v) is 3.94. The largest absolute Gasteiger partial charge is 0.477 e. The van der Waals surface area contributed by atoms with Gasteiger partial charge in [0.25, 0.3) is 0 Å². The number of carboxylic acid groups (broad SMARTS) is 1. The first-order valence-electron chi connectivity index (χ1n) is 7.11. The third-order valence-corrected chi connectivity index (χ3v) is 5.14. The summed E-state index contributed by atoms with van der Waals surface area (Å²) < 4.78 is 13.5. The Morgan fingerprint density at radius 1 is 1.36 bits per heavy atom. The van der Waals surface area contributed by atoms with Gasteiger partial charge in [-0.25, -0.2) is 9.78 Å². The summed E-state index contributed by atoms with van der Waals surface area (Å²) in [5, 5.41) is 19.6. The van der Waals surface area contributed by atoms with Crippen molar-refractivity contribution in [3.05, 3.63) is 63.5 Å². The first kappa shape index (κ1) is 17.1. The van der Waals surface area contributed by atoms with Gasteiger partial charge in [-0.2, -0.15) is 9.65 Å². The van der Waals surface area contributed by atoms with Crippen molar-refractivity contribution < 1.29 is 14.3 Å². The summed E-state index contributed by atoms with van der Waals surface area (Å²) >= 11 is 7.20. The second kappa shape index (κ2) is 6.63. The minimum absolute atomic E-state index is 0.0190. The first-order valence-corrected chi connectivity index (χ1v) is 8.30. The Labute approximate surface area is 151 Å². The van der Waals surface area contributed by atoms with Gasteiger partial charge in [0.05, 0.1) is 10.4 Å². The molecule has 1 N–H and O–H groups in total. The molecule has 0 amide bonds. The van der Waals surface area contributed by atoms with E-state index >= 15 is 0 Å². The molecule has 3 rings (SSSR count). The van der Waals surface area contributed by atoms with Crippen molar-refractivity contribution in [1.82, 2.24) is 4.98 Å². The van der Waals surface area contributed by atoms with Crippen molar-refractivity contribution in [2.24, 2.45) is 0 Å². The van der Waals surface area contributed by atoms with E-state index in [1.54, 1.807) is 18.2 Å². The number of carbonyl (C=O) groups is 1. The number of carboxylic acids is 1. The monoisotopic (exact) mass is 372 g/mol. The molecule has 25 heavy (non-hydrogen) atoms. The van der Waals surface area contributed by atoms with Crippen LogP contribution in [0.2, 0.25) is 5.02 Å². The number of benzene rings is 1. The van der Waals surface area contributed by atoms with E-state index in [4.69, 9.17) is 11.6 Å². The molecule has 2 heterocycles. The fraction of sp³-hybridized carbons (Fsp3) is 0.0556. The van der Waals surface area contributed by atoms with Gasteiger partial charge in [0.1, 0.15) is 10.9 Å². The van der Waals surface area contributed by atoms with Crippen molar-refractivity contribution in [2.75, 3.05) is 0 Å². The number of rotatable bonds is 3. The minimum Gasteiger partial charge on any atom is -0.477 e. The Kier molecular flexibility index (Phi) is 4.53. The van der Waals surface area contributed by atoms with Crippen molar-refractivity contribution >= 4 is 28.9 Å². The highest BCUT2D eigenvalue weighted by atomic mass is 35.5. The van der Waals surface area contributed by atoms with Gasteiger partial charge in [0.2, 0.25) is 5.95 Å². The summed E-state index contributed by atoms with van der Waals surface area (Å²) in [6.45, 7) is 1.86. The number of pyridine rings is 1. The maximum atomic E-state index is 13.5. The maximum absolute atomic E-state index is 13.5. The van der Waals surface area contributed by atoms with Crippen LogP contribution in [0, 0.1) is 24.2 Å². The van der Waals surface area contributed by atoms with Crippen LogP contribution in [0.1, 0.15) is 20.8 Å². The topological polar surface area (TPSA) is 74.0 Å². The van der Waals surface area contributed by atoms with Crippen LogP contribution in [-0.4, -0.2) is 16.1 Å². The van der Waals surface area contributed by atoms with Gasteiger partial charge in [-0.15, -0.1) is 11.3 Å². The lowest BCUT2D eigenvalue weighted by atomic mass is 9.98. The summed E-state index contributed by atoms with van der Waals surface area (Å²) in [6.07, 6.45) is 1.27. The Balaban J connectivity index is 2.35. The lowest BCUT2D eigenvalue weighted by Crippen LogP contribution is -1.96. The number of aromatic nitrogens is 1. The van der Waals surface area contributed by atoms with Crippen LogP contribution in [0.5, 0.6) is 0 Å². The van der Waals surface area contributed by atoms with Crippen molar-refractivity contribution in [1.29, 1.82) is 5.26 Å². The molecule has 0 unspecified atom stereocenters. The molecule has 0 bridgehead atoms. The average molecular weight is 373 g/mol. The standard InChI is InChI=1S/C18H10ClFN2O2S/c1-9-2-3-11(13(19)6-9)15-12(8-21)16(25-17(15)18(23)24)10-4-5-22-14(20)7-10/h2-7H,1H3,(H,23,24). The molecule has 0 saturated heterocycles. The predicted octanol–water partition coefficient (Wildman–Crippen LogP) is 5.15. The van der Waals surface area contributed by atoms with E-state index in [2.05, 4.69) is 4.98 Å². The van der Waals surface area contributed by atoms with E-state index in [1.165, 1.54) is 18.3 Å². The molecule has 3 aromatic rings. The molecule has 0 spiro atoms. The minimum atomic E-state index is -1.17. The lowest BCUT2D eigenvalue weighted by Gasteiger charge is -2.06. The smallest absolute Gasteiger partial charge is 0.346 e. The predicted molar refractivity (Wildman–Crippen MR) is 94.4 cm³/mol. The van der Waals surface area contributed by atoms with Gasteiger partial charge in [-0.1, -0.05) is 23.7 Å². The van der Waals surface area contributed by atoms with Crippen molar-refractivity contribution in [3.8, 4) is 27.6 Å². The summed E-state index contributed by atoms with van der Waals surface area (Å²) in [5.74, 6) is -1.88. The van der Waals surface area contributed by atoms with Crippen LogP contribution in [-0.2, 0) is 0 Å². The van der Waals surface area contributed by atoms with Gasteiger partial charge in [-0.3, -0.25) is 0 Å². The molecule has 2 aromatic heterocycles. The molecular formula is C18H10ClFN2O2S. The molecule has 0 radical (unpaired) electrons. The molecule has 4 nitrogen and oxygen atoms in total. The highest BCUT2D eigenvalue weighted by Crippen LogP contribution is 2.44. The SMILES string of the molecule is Cc1ccc(-c2c(C(=O)O)sc(-c3ccnc(F)c3)c2C#N)c(Cl)c1.